The van der Waals surface area contributed by atoms with Gasteiger partial charge in [-0.2, -0.15) is 0 Å². The zero-order valence-electron chi connectivity index (χ0n) is 11.8. The van der Waals surface area contributed by atoms with Crippen LogP contribution < -0.4 is 0 Å². The summed E-state index contributed by atoms with van der Waals surface area (Å²) in [4.78, 5) is 6.87. The van der Waals surface area contributed by atoms with Gasteiger partial charge in [-0.1, -0.05) is 6.07 Å². The summed E-state index contributed by atoms with van der Waals surface area (Å²) in [5.74, 6) is 1.46. The summed E-state index contributed by atoms with van der Waals surface area (Å²) in [6, 6.07) is 5.92. The zero-order chi connectivity index (χ0) is 13.6. The Kier molecular flexibility index (Phi) is 2.65. The average molecular weight is 254 g/mol. The van der Waals surface area contributed by atoms with Crippen LogP contribution in [0.5, 0.6) is 0 Å². The van der Waals surface area contributed by atoms with E-state index in [0.29, 0.717) is 5.92 Å². The van der Waals surface area contributed by atoms with Crippen LogP contribution in [0.4, 0.5) is 5.69 Å². The number of hydrogen-bond donors (Lipinski definition) is 1. The number of hydrogen-bond acceptors (Lipinski definition) is 0. The van der Waals surface area contributed by atoms with Crippen LogP contribution in [0.1, 0.15) is 17.9 Å². The highest BCUT2D eigenvalue weighted by atomic mass is 15.3. The summed E-state index contributed by atoms with van der Waals surface area (Å²) in [5, 5.41) is 1.24. The summed E-state index contributed by atoms with van der Waals surface area (Å²) >= 11 is 0. The molecular weight excluding hydrogens is 234 g/mol. The van der Waals surface area contributed by atoms with E-state index in [0.717, 1.165) is 21.6 Å². The second-order valence-corrected chi connectivity index (χ2v) is 6.66. The van der Waals surface area contributed by atoms with Crippen LogP contribution in [0.15, 0.2) is 24.4 Å². The molecule has 1 N–H and O–H groups in total. The quantitative estimate of drug-likeness (QED) is 0.639. The lowest BCUT2D eigenvalue weighted by molar-refractivity contribution is -0.872. The standard InChI is InChI=1S/C16H20N3/c1-17-12-5-6-16-14(8-12)15(9-18-16)13-7-11(13)10-19(2,3)4/h5-6,8-9,11,13,18H,7,10H2,2-4H3/q+1/t11-,13+/m1/s1. The lowest BCUT2D eigenvalue weighted by atomic mass is 10.1. The third-order valence-corrected chi connectivity index (χ3v) is 3.93. The zero-order valence-corrected chi connectivity index (χ0v) is 11.8. The maximum absolute atomic E-state index is 7.14. The predicted molar refractivity (Wildman–Crippen MR) is 78.3 cm³/mol. The van der Waals surface area contributed by atoms with E-state index in [4.69, 9.17) is 6.57 Å². The molecule has 0 bridgehead atoms. The Labute approximate surface area is 114 Å². The number of aromatic nitrogens is 1. The van der Waals surface area contributed by atoms with Crippen LogP contribution in [-0.2, 0) is 0 Å². The molecule has 1 saturated carbocycles. The Morgan fingerprint density at radius 2 is 2.16 bits per heavy atom. The number of nitrogens with one attached hydrogen (secondary N) is 1. The Morgan fingerprint density at radius 1 is 1.37 bits per heavy atom. The van der Waals surface area contributed by atoms with Crippen molar-refractivity contribution in [1.82, 2.24) is 4.98 Å². The average Bonchev–Trinajstić information content (AvgIpc) is 2.95. The highest BCUT2D eigenvalue weighted by Gasteiger charge is 2.42. The fraction of sp³-hybridized carbons (Fsp3) is 0.438. The number of benzene rings is 1. The van der Waals surface area contributed by atoms with E-state index in [1.165, 1.54) is 23.9 Å². The van der Waals surface area contributed by atoms with Crippen molar-refractivity contribution < 1.29 is 4.48 Å². The molecule has 98 valence electrons. The van der Waals surface area contributed by atoms with Crippen molar-refractivity contribution in [2.45, 2.75) is 12.3 Å². The molecule has 1 fully saturated rings. The van der Waals surface area contributed by atoms with Gasteiger partial charge in [0.15, 0.2) is 5.69 Å². The first-order valence-corrected chi connectivity index (χ1v) is 6.77. The maximum atomic E-state index is 7.14. The van der Waals surface area contributed by atoms with Gasteiger partial charge < -0.3 is 9.47 Å². The highest BCUT2D eigenvalue weighted by molar-refractivity contribution is 5.87. The van der Waals surface area contributed by atoms with Gasteiger partial charge in [-0.25, -0.2) is 4.85 Å². The van der Waals surface area contributed by atoms with E-state index < -0.39 is 0 Å². The number of quaternary nitrogens is 1. The Hall–Kier alpha value is -1.79. The number of nitrogens with zero attached hydrogens (tertiary/aromatic N) is 2. The van der Waals surface area contributed by atoms with Crippen LogP contribution in [0.3, 0.4) is 0 Å². The Balaban J connectivity index is 1.89. The molecule has 0 amide bonds. The maximum Gasteiger partial charge on any atom is 0.187 e. The predicted octanol–water partition coefficient (Wildman–Crippen LogP) is 3.53. The van der Waals surface area contributed by atoms with Crippen molar-refractivity contribution in [3.05, 3.63) is 41.4 Å². The molecule has 0 unspecified atom stereocenters. The fourth-order valence-electron chi connectivity index (χ4n) is 3.04. The molecule has 3 rings (SSSR count). The summed E-state index contributed by atoms with van der Waals surface area (Å²) < 4.78 is 1.02. The number of H-pyrrole nitrogens is 1. The summed E-state index contributed by atoms with van der Waals surface area (Å²) in [6.45, 7) is 8.36. The first-order chi connectivity index (χ1) is 8.98. The normalized spacial score (nSPS) is 22.4. The van der Waals surface area contributed by atoms with Gasteiger partial charge in [0.1, 0.15) is 0 Å². The second kappa shape index (κ2) is 4.11. The van der Waals surface area contributed by atoms with E-state index in [-0.39, 0.29) is 0 Å². The SMILES string of the molecule is [C-]#[N+]c1ccc2[nH]cc([C@H]3C[C@@H]3C[N+](C)(C)C)c2c1. The molecule has 19 heavy (non-hydrogen) atoms. The van der Waals surface area contributed by atoms with Gasteiger partial charge in [0, 0.05) is 17.6 Å². The Bertz CT molecular complexity index is 655. The van der Waals surface area contributed by atoms with E-state index in [2.05, 4.69) is 37.2 Å². The molecule has 0 aliphatic heterocycles. The summed E-state index contributed by atoms with van der Waals surface area (Å²) in [5.41, 5.74) is 3.29. The van der Waals surface area contributed by atoms with Gasteiger partial charge in [-0.15, -0.1) is 0 Å². The molecule has 2 aromatic rings. The monoisotopic (exact) mass is 254 g/mol. The van der Waals surface area contributed by atoms with Crippen molar-refractivity contribution >= 4 is 16.6 Å². The minimum Gasteiger partial charge on any atom is -0.361 e. The van der Waals surface area contributed by atoms with Gasteiger partial charge >= 0.3 is 0 Å². The molecule has 0 radical (unpaired) electrons. The topological polar surface area (TPSA) is 20.1 Å². The van der Waals surface area contributed by atoms with Gasteiger partial charge in [-0.05, 0) is 35.4 Å². The van der Waals surface area contributed by atoms with Crippen LogP contribution >= 0.6 is 0 Å². The molecule has 1 aromatic carbocycles. The molecule has 3 nitrogen and oxygen atoms in total. The number of aromatic amines is 1. The first kappa shape index (κ1) is 12.3. The summed E-state index contributed by atoms with van der Waals surface area (Å²) in [7, 11) is 6.76. The third-order valence-electron chi connectivity index (χ3n) is 3.93. The van der Waals surface area contributed by atoms with E-state index in [9.17, 15) is 0 Å². The minimum absolute atomic E-state index is 0.673. The second-order valence-electron chi connectivity index (χ2n) is 6.66. The lowest BCUT2D eigenvalue weighted by Crippen LogP contribution is -2.36. The van der Waals surface area contributed by atoms with Gasteiger partial charge in [0.2, 0.25) is 0 Å². The van der Waals surface area contributed by atoms with Crippen LogP contribution in [0, 0.1) is 12.5 Å². The molecule has 2 atom stereocenters. The Morgan fingerprint density at radius 3 is 2.84 bits per heavy atom. The van der Waals surface area contributed by atoms with Gasteiger partial charge in [0.05, 0.1) is 34.3 Å². The molecule has 0 saturated heterocycles. The van der Waals surface area contributed by atoms with Gasteiger partial charge in [-0.3, -0.25) is 0 Å². The van der Waals surface area contributed by atoms with Crippen molar-refractivity contribution in [3.8, 4) is 0 Å². The number of rotatable bonds is 3. The van der Waals surface area contributed by atoms with Crippen molar-refractivity contribution in [1.29, 1.82) is 0 Å². The van der Waals surface area contributed by atoms with Crippen molar-refractivity contribution in [2.75, 3.05) is 27.7 Å². The molecule has 1 aliphatic carbocycles. The first-order valence-electron chi connectivity index (χ1n) is 6.77. The van der Waals surface area contributed by atoms with E-state index in [1.807, 2.05) is 18.2 Å². The van der Waals surface area contributed by atoms with Crippen LogP contribution in [-0.4, -0.2) is 37.2 Å². The van der Waals surface area contributed by atoms with Crippen LogP contribution in [0.25, 0.3) is 15.7 Å². The van der Waals surface area contributed by atoms with E-state index in [1.54, 1.807) is 0 Å². The van der Waals surface area contributed by atoms with Gasteiger partial charge in [0.25, 0.3) is 0 Å². The molecular formula is C16H20N3+. The number of fused-ring (bicyclic) bond motifs is 1. The fourth-order valence-corrected chi connectivity index (χ4v) is 3.04. The molecule has 1 heterocycles. The minimum atomic E-state index is 0.673. The largest absolute Gasteiger partial charge is 0.361 e. The molecule has 0 spiro atoms. The molecule has 1 aliphatic rings. The molecule has 1 aromatic heterocycles. The van der Waals surface area contributed by atoms with E-state index >= 15 is 0 Å². The van der Waals surface area contributed by atoms with Crippen molar-refractivity contribution in [2.24, 2.45) is 5.92 Å². The third kappa shape index (κ3) is 2.36. The van der Waals surface area contributed by atoms with Crippen molar-refractivity contribution in [3.63, 3.8) is 0 Å². The highest BCUT2D eigenvalue weighted by Crippen LogP contribution is 2.50. The van der Waals surface area contributed by atoms with Crippen LogP contribution in [0.2, 0.25) is 0 Å². The summed E-state index contributed by atoms with van der Waals surface area (Å²) in [6.07, 6.45) is 3.42. The molecule has 3 heteroatoms. The lowest BCUT2D eigenvalue weighted by Gasteiger charge is -2.23. The smallest absolute Gasteiger partial charge is 0.187 e.